The second-order valence-corrected chi connectivity index (χ2v) is 4.43. The zero-order chi connectivity index (χ0) is 14.4. The van der Waals surface area contributed by atoms with E-state index >= 15 is 0 Å². The van der Waals surface area contributed by atoms with Crippen LogP contribution in [0.3, 0.4) is 0 Å². The lowest BCUT2D eigenvalue weighted by Crippen LogP contribution is -2.04. The van der Waals surface area contributed by atoms with Crippen molar-refractivity contribution in [3.63, 3.8) is 0 Å². The second-order valence-electron chi connectivity index (χ2n) is 4.43. The van der Waals surface area contributed by atoms with Crippen LogP contribution in [0.1, 0.15) is 73.6 Å². The second kappa shape index (κ2) is 14.4. The fourth-order valence-electron chi connectivity index (χ4n) is 1.48. The van der Waals surface area contributed by atoms with Crippen molar-refractivity contribution in [3.05, 3.63) is 23.3 Å². The van der Waals surface area contributed by atoms with E-state index in [-0.39, 0.29) is 6.10 Å². The minimum atomic E-state index is -0.167. The summed E-state index contributed by atoms with van der Waals surface area (Å²) in [5.74, 6) is 0. The molecule has 1 rings (SSSR count). The molecule has 0 saturated carbocycles. The third-order valence-corrected chi connectivity index (χ3v) is 2.76. The molecule has 0 aliphatic heterocycles. The van der Waals surface area contributed by atoms with E-state index in [1.54, 1.807) is 0 Å². The van der Waals surface area contributed by atoms with Gasteiger partial charge in [-0.15, -0.1) is 0 Å². The Morgan fingerprint density at radius 1 is 1.11 bits per heavy atom. The summed E-state index contributed by atoms with van der Waals surface area (Å²) in [7, 11) is 0. The number of allylic oxidation sites excluding steroid dienone is 4. The highest BCUT2D eigenvalue weighted by molar-refractivity contribution is 5.20. The van der Waals surface area contributed by atoms with Gasteiger partial charge in [0.2, 0.25) is 0 Å². The molecule has 0 aromatic carbocycles. The molecule has 0 heterocycles. The third-order valence-electron chi connectivity index (χ3n) is 2.76. The van der Waals surface area contributed by atoms with Gasteiger partial charge in [-0.3, -0.25) is 0 Å². The lowest BCUT2D eigenvalue weighted by molar-refractivity contribution is -0.181. The zero-order valence-electron chi connectivity index (χ0n) is 13.1. The van der Waals surface area contributed by atoms with Crippen molar-refractivity contribution in [1.29, 1.82) is 0 Å². The van der Waals surface area contributed by atoms with E-state index in [2.05, 4.69) is 30.9 Å². The summed E-state index contributed by atoms with van der Waals surface area (Å²) < 4.78 is 11.3. The van der Waals surface area contributed by atoms with E-state index in [0.717, 1.165) is 19.3 Å². The molecule has 0 bridgehead atoms. The summed E-state index contributed by atoms with van der Waals surface area (Å²) in [6, 6.07) is 0. The molecule has 0 amide bonds. The molecular formula is C16H31FO. The first-order valence-corrected chi connectivity index (χ1v) is 7.24. The third kappa shape index (κ3) is 11.8. The molecule has 2 heteroatoms. The van der Waals surface area contributed by atoms with Gasteiger partial charge in [0.05, 0.1) is 6.10 Å². The van der Waals surface area contributed by atoms with Crippen molar-refractivity contribution >= 4 is 0 Å². The highest BCUT2D eigenvalue weighted by Gasteiger charge is 2.02. The van der Waals surface area contributed by atoms with Crippen LogP contribution in [0.25, 0.3) is 0 Å². The van der Waals surface area contributed by atoms with E-state index in [9.17, 15) is 4.53 Å². The Hall–Kier alpha value is -0.630. The van der Waals surface area contributed by atoms with Gasteiger partial charge in [0, 0.05) is 0 Å². The first-order chi connectivity index (χ1) is 8.63. The van der Waals surface area contributed by atoms with E-state index in [1.165, 1.54) is 24.0 Å². The normalized spacial score (nSPS) is 15.3. The number of hydrogen-bond acceptors (Lipinski definition) is 1. The van der Waals surface area contributed by atoms with Crippen LogP contribution in [0.4, 0.5) is 4.53 Å². The van der Waals surface area contributed by atoms with Crippen LogP contribution >= 0.6 is 0 Å². The van der Waals surface area contributed by atoms with Crippen molar-refractivity contribution < 1.29 is 9.47 Å². The number of halogens is 1. The van der Waals surface area contributed by atoms with Gasteiger partial charge < -0.3 is 0 Å². The molecule has 1 unspecified atom stereocenters. The standard InChI is InChI=1S/C8H12.C6H13FO.C2H6/c1-7-3-5-8(2)6-4-7;1-3-5-6(4-2)8-7;1-2/h3,5H,4,6H2,1-2H3;6H,3-5H2,1-2H3;1-2H3. The highest BCUT2D eigenvalue weighted by atomic mass is 19.3. The molecule has 18 heavy (non-hydrogen) atoms. The summed E-state index contributed by atoms with van der Waals surface area (Å²) >= 11 is 0. The van der Waals surface area contributed by atoms with Crippen molar-refractivity contribution in [2.75, 3.05) is 0 Å². The van der Waals surface area contributed by atoms with E-state index in [1.807, 2.05) is 27.7 Å². The van der Waals surface area contributed by atoms with Crippen LogP contribution in [-0.2, 0) is 4.94 Å². The summed E-state index contributed by atoms with van der Waals surface area (Å²) in [6.45, 7) is 12.3. The Morgan fingerprint density at radius 3 is 1.72 bits per heavy atom. The Labute approximate surface area is 113 Å². The highest BCUT2D eigenvalue weighted by Crippen LogP contribution is 2.15. The minimum Gasteiger partial charge on any atom is -0.191 e. The molecule has 0 saturated heterocycles. The maximum Gasteiger partial charge on any atom is 0.0981 e. The monoisotopic (exact) mass is 258 g/mol. The van der Waals surface area contributed by atoms with Crippen LogP contribution in [0.15, 0.2) is 23.3 Å². The maximum absolute atomic E-state index is 11.3. The quantitative estimate of drug-likeness (QED) is 0.586. The number of hydrogen-bond donors (Lipinski definition) is 0. The fraction of sp³-hybridized carbons (Fsp3) is 0.750. The van der Waals surface area contributed by atoms with Crippen molar-refractivity contribution in [2.24, 2.45) is 0 Å². The number of rotatable bonds is 4. The minimum absolute atomic E-state index is 0.167. The van der Waals surface area contributed by atoms with Gasteiger partial charge in [0.1, 0.15) is 0 Å². The molecule has 1 aliphatic carbocycles. The van der Waals surface area contributed by atoms with E-state index < -0.39 is 0 Å². The molecule has 0 N–H and O–H groups in total. The topological polar surface area (TPSA) is 9.23 Å². The molecule has 1 atom stereocenters. The maximum atomic E-state index is 11.3. The van der Waals surface area contributed by atoms with E-state index in [4.69, 9.17) is 0 Å². The average Bonchev–Trinajstić information content (AvgIpc) is 2.42. The first kappa shape index (κ1) is 19.7. The van der Waals surface area contributed by atoms with Gasteiger partial charge >= 0.3 is 0 Å². The molecule has 108 valence electrons. The lowest BCUT2D eigenvalue weighted by atomic mass is 10.0. The smallest absolute Gasteiger partial charge is 0.0981 e. The van der Waals surface area contributed by atoms with Crippen LogP contribution in [0.2, 0.25) is 0 Å². The first-order valence-electron chi connectivity index (χ1n) is 7.24. The van der Waals surface area contributed by atoms with Gasteiger partial charge in [-0.2, -0.15) is 4.94 Å². The zero-order valence-corrected chi connectivity index (χ0v) is 13.1. The summed E-state index contributed by atoms with van der Waals surface area (Å²) in [5.41, 5.74) is 3.02. The largest absolute Gasteiger partial charge is 0.191 e. The van der Waals surface area contributed by atoms with Crippen molar-refractivity contribution in [3.8, 4) is 0 Å². The summed E-state index contributed by atoms with van der Waals surface area (Å²) in [4.78, 5) is 3.64. The van der Waals surface area contributed by atoms with Crippen LogP contribution < -0.4 is 0 Å². The Morgan fingerprint density at radius 2 is 1.56 bits per heavy atom. The lowest BCUT2D eigenvalue weighted by Gasteiger charge is -2.05. The predicted molar refractivity (Wildman–Crippen MR) is 79.3 cm³/mol. The average molecular weight is 258 g/mol. The van der Waals surface area contributed by atoms with Crippen molar-refractivity contribution in [2.45, 2.75) is 79.8 Å². The van der Waals surface area contributed by atoms with Gasteiger partial charge in [-0.1, -0.05) is 57.4 Å². The van der Waals surface area contributed by atoms with Gasteiger partial charge in [-0.25, -0.2) is 0 Å². The molecule has 1 nitrogen and oxygen atoms in total. The molecule has 0 aromatic heterocycles. The molecule has 0 aromatic rings. The predicted octanol–water partition coefficient (Wildman–Crippen LogP) is 6.17. The van der Waals surface area contributed by atoms with E-state index in [0.29, 0.717) is 0 Å². The Bertz CT molecular complexity index is 209. The summed E-state index contributed by atoms with van der Waals surface area (Å²) in [5, 5.41) is 0. The van der Waals surface area contributed by atoms with Crippen molar-refractivity contribution in [1.82, 2.24) is 0 Å². The fourth-order valence-corrected chi connectivity index (χ4v) is 1.48. The summed E-state index contributed by atoms with van der Waals surface area (Å²) in [6.07, 6.45) is 9.36. The molecule has 0 spiro atoms. The molecule has 0 radical (unpaired) electrons. The van der Waals surface area contributed by atoms with Gasteiger partial charge in [0.25, 0.3) is 0 Å². The SMILES string of the molecule is CC.CC1=CC=C(C)CC1.CCCC(CC)OF. The van der Waals surface area contributed by atoms with Crippen LogP contribution in [0, 0.1) is 0 Å². The van der Waals surface area contributed by atoms with Crippen LogP contribution in [-0.4, -0.2) is 6.10 Å². The molecule has 1 aliphatic rings. The molecule has 0 fully saturated rings. The molecular weight excluding hydrogens is 227 g/mol. The Balaban J connectivity index is 0. The van der Waals surface area contributed by atoms with Crippen LogP contribution in [0.5, 0.6) is 0 Å². The Kier molecular flexibility index (Phi) is 15.8. The van der Waals surface area contributed by atoms with Gasteiger partial charge in [0.15, 0.2) is 0 Å². The van der Waals surface area contributed by atoms with Gasteiger partial charge in [-0.05, 0) is 44.1 Å².